The molecule has 1 amide bonds. The van der Waals surface area contributed by atoms with Crippen LogP contribution >= 0.6 is 11.3 Å². The van der Waals surface area contributed by atoms with Crippen LogP contribution in [0.15, 0.2) is 34.6 Å². The van der Waals surface area contributed by atoms with Gasteiger partial charge in [0.15, 0.2) is 0 Å². The van der Waals surface area contributed by atoms with Crippen molar-refractivity contribution in [1.29, 1.82) is 0 Å². The number of alkyl halides is 3. The third-order valence-corrected chi connectivity index (χ3v) is 3.84. The number of aromatic nitrogens is 1. The number of thiophene rings is 1. The molecule has 0 bridgehead atoms. The molecule has 2 rings (SSSR count). The number of methoxy groups -OCH3 is 1. The molecule has 0 aliphatic rings. The zero-order valence-corrected chi connectivity index (χ0v) is 13.0. The molecular weight excluding hydrogens is 349 g/mol. The SMILES string of the molecule is COC(=O)c1sccc1NC(=O)Cn1cccc(C(F)(F)F)c1=O. The second-order valence-electron chi connectivity index (χ2n) is 4.56. The molecule has 0 fully saturated rings. The molecule has 10 heteroatoms. The van der Waals surface area contributed by atoms with Gasteiger partial charge in [0.1, 0.15) is 17.0 Å². The molecule has 2 aromatic rings. The second-order valence-corrected chi connectivity index (χ2v) is 5.47. The Morgan fingerprint density at radius 3 is 2.67 bits per heavy atom. The lowest BCUT2D eigenvalue weighted by molar-refractivity contribution is -0.139. The molecule has 128 valence electrons. The van der Waals surface area contributed by atoms with Crippen LogP contribution in [0.2, 0.25) is 0 Å². The Bertz CT molecular complexity index is 826. The van der Waals surface area contributed by atoms with Gasteiger partial charge in [0.25, 0.3) is 5.56 Å². The van der Waals surface area contributed by atoms with E-state index in [1.165, 1.54) is 18.6 Å². The molecule has 2 aromatic heterocycles. The fraction of sp³-hybridized carbons (Fsp3) is 0.214. The molecule has 0 saturated heterocycles. The Morgan fingerprint density at radius 2 is 2.04 bits per heavy atom. The monoisotopic (exact) mass is 360 g/mol. The summed E-state index contributed by atoms with van der Waals surface area (Å²) in [4.78, 5) is 35.4. The van der Waals surface area contributed by atoms with Crippen molar-refractivity contribution in [2.45, 2.75) is 12.7 Å². The summed E-state index contributed by atoms with van der Waals surface area (Å²) >= 11 is 1.03. The molecular formula is C14H11F3N2O4S. The molecule has 0 atom stereocenters. The van der Waals surface area contributed by atoms with E-state index in [0.29, 0.717) is 10.6 Å². The highest BCUT2D eigenvalue weighted by molar-refractivity contribution is 7.12. The first-order valence-electron chi connectivity index (χ1n) is 6.46. The van der Waals surface area contributed by atoms with Crippen molar-refractivity contribution in [3.8, 4) is 0 Å². The molecule has 0 aliphatic heterocycles. The Morgan fingerprint density at radius 1 is 1.33 bits per heavy atom. The smallest absolute Gasteiger partial charge is 0.421 e. The maximum atomic E-state index is 12.7. The standard InChI is InChI=1S/C14H11F3N2O4S/c1-23-13(22)11-9(4-6-24-11)18-10(20)7-19-5-2-3-8(12(19)21)14(15,16)17/h2-6H,7H2,1H3,(H,18,20). The number of pyridine rings is 1. The van der Waals surface area contributed by atoms with Crippen LogP contribution in [-0.4, -0.2) is 23.6 Å². The van der Waals surface area contributed by atoms with Gasteiger partial charge in [0.05, 0.1) is 12.8 Å². The molecule has 0 spiro atoms. The highest BCUT2D eigenvalue weighted by Gasteiger charge is 2.34. The minimum Gasteiger partial charge on any atom is -0.465 e. The van der Waals surface area contributed by atoms with E-state index in [4.69, 9.17) is 0 Å². The molecule has 0 unspecified atom stereocenters. The zero-order chi connectivity index (χ0) is 17.9. The second kappa shape index (κ2) is 6.87. The van der Waals surface area contributed by atoms with Gasteiger partial charge in [-0.2, -0.15) is 13.2 Å². The first-order chi connectivity index (χ1) is 11.2. The van der Waals surface area contributed by atoms with Crippen LogP contribution in [0, 0.1) is 0 Å². The number of anilines is 1. The van der Waals surface area contributed by atoms with E-state index in [1.807, 2.05) is 0 Å². The van der Waals surface area contributed by atoms with Crippen molar-refractivity contribution in [1.82, 2.24) is 4.57 Å². The van der Waals surface area contributed by atoms with E-state index < -0.39 is 35.7 Å². The minimum absolute atomic E-state index is 0.141. The van der Waals surface area contributed by atoms with Gasteiger partial charge < -0.3 is 14.6 Å². The van der Waals surface area contributed by atoms with Crippen LogP contribution in [0.1, 0.15) is 15.2 Å². The number of halogens is 3. The van der Waals surface area contributed by atoms with E-state index in [2.05, 4.69) is 10.1 Å². The lowest BCUT2D eigenvalue weighted by Gasteiger charge is -2.10. The molecule has 6 nitrogen and oxygen atoms in total. The number of hydrogen-bond donors (Lipinski definition) is 1. The average molecular weight is 360 g/mol. The molecule has 24 heavy (non-hydrogen) atoms. The van der Waals surface area contributed by atoms with Gasteiger partial charge >= 0.3 is 12.1 Å². The van der Waals surface area contributed by atoms with Crippen molar-refractivity contribution in [3.63, 3.8) is 0 Å². The lowest BCUT2D eigenvalue weighted by atomic mass is 10.2. The molecule has 0 radical (unpaired) electrons. The maximum Gasteiger partial charge on any atom is 0.421 e. The number of amides is 1. The quantitative estimate of drug-likeness (QED) is 0.849. The molecule has 0 aromatic carbocycles. The van der Waals surface area contributed by atoms with Crippen molar-refractivity contribution in [2.24, 2.45) is 0 Å². The van der Waals surface area contributed by atoms with Crippen molar-refractivity contribution >= 4 is 28.9 Å². The number of nitrogens with one attached hydrogen (secondary N) is 1. The van der Waals surface area contributed by atoms with Gasteiger partial charge in [-0.05, 0) is 23.6 Å². The van der Waals surface area contributed by atoms with Gasteiger partial charge in [-0.15, -0.1) is 11.3 Å². The van der Waals surface area contributed by atoms with Crippen LogP contribution in [0.25, 0.3) is 0 Å². The van der Waals surface area contributed by atoms with Crippen LogP contribution in [0.5, 0.6) is 0 Å². The largest absolute Gasteiger partial charge is 0.465 e. The first-order valence-corrected chi connectivity index (χ1v) is 7.34. The fourth-order valence-corrected chi connectivity index (χ4v) is 2.65. The van der Waals surface area contributed by atoms with E-state index in [-0.39, 0.29) is 10.6 Å². The topological polar surface area (TPSA) is 77.4 Å². The van der Waals surface area contributed by atoms with Crippen LogP contribution < -0.4 is 10.9 Å². The summed E-state index contributed by atoms with van der Waals surface area (Å²) in [6.07, 6.45) is -3.73. The highest BCUT2D eigenvalue weighted by atomic mass is 32.1. The predicted octanol–water partition coefficient (Wildman–Crippen LogP) is 2.35. The van der Waals surface area contributed by atoms with Crippen molar-refractivity contribution in [2.75, 3.05) is 12.4 Å². The lowest BCUT2D eigenvalue weighted by Crippen LogP contribution is -2.32. The van der Waals surface area contributed by atoms with E-state index in [1.54, 1.807) is 0 Å². The Hall–Kier alpha value is -2.62. The number of hydrogen-bond acceptors (Lipinski definition) is 5. The Labute approximate surface area is 137 Å². The van der Waals surface area contributed by atoms with Crippen LogP contribution in [0.4, 0.5) is 18.9 Å². The molecule has 0 saturated carbocycles. The van der Waals surface area contributed by atoms with Crippen LogP contribution in [0.3, 0.4) is 0 Å². The summed E-state index contributed by atoms with van der Waals surface area (Å²) in [7, 11) is 1.18. The maximum absolute atomic E-state index is 12.7. The summed E-state index contributed by atoms with van der Waals surface area (Å²) in [6.45, 7) is -0.626. The number of rotatable bonds is 4. The van der Waals surface area contributed by atoms with Crippen LogP contribution in [-0.2, 0) is 22.3 Å². The van der Waals surface area contributed by atoms with Gasteiger partial charge in [0.2, 0.25) is 5.91 Å². The summed E-state index contributed by atoms with van der Waals surface area (Å²) in [6, 6.07) is 3.12. The van der Waals surface area contributed by atoms with Gasteiger partial charge in [-0.25, -0.2) is 4.79 Å². The minimum atomic E-state index is -4.80. The molecule has 0 aliphatic carbocycles. The Balaban J connectivity index is 2.19. The molecule has 1 N–H and O–H groups in total. The summed E-state index contributed by atoms with van der Waals surface area (Å²) in [5.41, 5.74) is -2.51. The van der Waals surface area contributed by atoms with Crippen molar-refractivity contribution < 1.29 is 27.5 Å². The molecule has 2 heterocycles. The van der Waals surface area contributed by atoms with E-state index >= 15 is 0 Å². The number of ether oxygens (including phenoxy) is 1. The van der Waals surface area contributed by atoms with Crippen molar-refractivity contribution in [3.05, 3.63) is 50.6 Å². The third kappa shape index (κ3) is 3.82. The highest BCUT2D eigenvalue weighted by Crippen LogP contribution is 2.26. The average Bonchev–Trinajstić information content (AvgIpc) is 2.95. The number of carbonyl (C=O) groups excluding carboxylic acids is 2. The zero-order valence-electron chi connectivity index (χ0n) is 12.2. The van der Waals surface area contributed by atoms with E-state index in [9.17, 15) is 27.6 Å². The number of esters is 1. The Kier molecular flexibility index (Phi) is 5.07. The summed E-state index contributed by atoms with van der Waals surface area (Å²) in [5, 5.41) is 3.91. The predicted molar refractivity (Wildman–Crippen MR) is 80.0 cm³/mol. The van der Waals surface area contributed by atoms with Gasteiger partial charge in [0, 0.05) is 6.20 Å². The third-order valence-electron chi connectivity index (χ3n) is 2.95. The number of nitrogens with zero attached hydrogens (tertiary/aromatic N) is 1. The van der Waals surface area contributed by atoms with E-state index in [0.717, 1.165) is 23.6 Å². The first kappa shape index (κ1) is 17.7. The van der Waals surface area contributed by atoms with Gasteiger partial charge in [-0.1, -0.05) is 0 Å². The van der Waals surface area contributed by atoms with Gasteiger partial charge in [-0.3, -0.25) is 9.59 Å². The fourth-order valence-electron chi connectivity index (χ4n) is 1.88. The normalized spacial score (nSPS) is 11.2. The summed E-state index contributed by atoms with van der Waals surface area (Å²) < 4.78 is 43.3. The number of carbonyl (C=O) groups is 2. The summed E-state index contributed by atoms with van der Waals surface area (Å²) in [5.74, 6) is -1.41.